The van der Waals surface area contributed by atoms with Crippen molar-refractivity contribution in [2.75, 3.05) is 24.4 Å². The summed E-state index contributed by atoms with van der Waals surface area (Å²) in [6.07, 6.45) is 0. The molecule has 1 atom stereocenters. The molecule has 5 rings (SSSR count). The molecule has 0 bridgehead atoms. The van der Waals surface area contributed by atoms with Crippen LogP contribution >= 0.6 is 0 Å². The van der Waals surface area contributed by atoms with Gasteiger partial charge in [-0.2, -0.15) is 4.98 Å². The molecule has 0 fully saturated rings. The molecule has 0 saturated heterocycles. The number of rotatable bonds is 7. The van der Waals surface area contributed by atoms with Crippen LogP contribution in [0.5, 0.6) is 11.5 Å². The molecule has 2 heterocycles. The number of hydrogen-bond donors (Lipinski definition) is 2. The Balaban J connectivity index is 1.55. The van der Waals surface area contributed by atoms with Crippen molar-refractivity contribution in [1.82, 2.24) is 14.8 Å². The van der Waals surface area contributed by atoms with Crippen LogP contribution in [0.25, 0.3) is 11.4 Å². The molecule has 182 valence electrons. The molecule has 0 radical (unpaired) electrons. The topological polar surface area (TPSA) is 90.3 Å². The summed E-state index contributed by atoms with van der Waals surface area (Å²) < 4.78 is 12.6. The Labute approximate surface area is 209 Å². The Hall–Kier alpha value is -4.59. The smallest absolute Gasteiger partial charge is 0.255 e. The van der Waals surface area contributed by atoms with Gasteiger partial charge in [0.2, 0.25) is 5.95 Å². The number of amides is 1. The van der Waals surface area contributed by atoms with Gasteiger partial charge in [0.25, 0.3) is 5.91 Å². The van der Waals surface area contributed by atoms with Crippen LogP contribution in [0.4, 0.5) is 11.6 Å². The van der Waals surface area contributed by atoms with Crippen LogP contribution in [-0.4, -0.2) is 34.4 Å². The van der Waals surface area contributed by atoms with Crippen molar-refractivity contribution in [3.63, 3.8) is 0 Å². The molecule has 0 spiro atoms. The number of methoxy groups -OCH3 is 1. The highest BCUT2D eigenvalue weighted by molar-refractivity contribution is 6.06. The SMILES string of the molecule is CCOc1ccc([C@@H]2C(C(=O)Nc3ccc(OC)cc3)=C(C)Nc3nc(-c4ccccc4)nn32)cc1. The molecule has 0 saturated carbocycles. The fourth-order valence-corrected chi connectivity index (χ4v) is 4.25. The lowest BCUT2D eigenvalue weighted by Gasteiger charge is -2.28. The van der Waals surface area contributed by atoms with Gasteiger partial charge in [0.05, 0.1) is 19.3 Å². The van der Waals surface area contributed by atoms with Crippen LogP contribution in [0.2, 0.25) is 0 Å². The van der Waals surface area contributed by atoms with E-state index in [4.69, 9.17) is 19.6 Å². The Bertz CT molecular complexity index is 1390. The van der Waals surface area contributed by atoms with Gasteiger partial charge in [0.15, 0.2) is 5.82 Å². The maximum atomic E-state index is 13.6. The van der Waals surface area contributed by atoms with Crippen LogP contribution in [0.1, 0.15) is 25.5 Å². The Morgan fingerprint density at radius 3 is 2.36 bits per heavy atom. The third-order valence-corrected chi connectivity index (χ3v) is 5.98. The second-order valence-corrected chi connectivity index (χ2v) is 8.32. The Kier molecular flexibility index (Phi) is 6.40. The number of nitrogens with one attached hydrogen (secondary N) is 2. The van der Waals surface area contributed by atoms with Gasteiger partial charge in [-0.1, -0.05) is 42.5 Å². The van der Waals surface area contributed by atoms with E-state index in [1.54, 1.807) is 11.8 Å². The highest BCUT2D eigenvalue weighted by atomic mass is 16.5. The number of hydrogen-bond acceptors (Lipinski definition) is 6. The summed E-state index contributed by atoms with van der Waals surface area (Å²) in [6, 6.07) is 24.3. The monoisotopic (exact) mass is 481 g/mol. The average molecular weight is 482 g/mol. The van der Waals surface area contributed by atoms with Gasteiger partial charge >= 0.3 is 0 Å². The Morgan fingerprint density at radius 2 is 1.69 bits per heavy atom. The minimum Gasteiger partial charge on any atom is -0.497 e. The van der Waals surface area contributed by atoms with Gasteiger partial charge in [-0.25, -0.2) is 4.68 Å². The summed E-state index contributed by atoms with van der Waals surface area (Å²) in [5.74, 6) is 2.41. The van der Waals surface area contributed by atoms with Crippen molar-refractivity contribution in [2.24, 2.45) is 0 Å². The van der Waals surface area contributed by atoms with Gasteiger partial charge in [-0.05, 0) is 55.8 Å². The molecule has 36 heavy (non-hydrogen) atoms. The first kappa shape index (κ1) is 23.2. The lowest BCUT2D eigenvalue weighted by Crippen LogP contribution is -2.31. The van der Waals surface area contributed by atoms with Crippen LogP contribution in [0, 0.1) is 0 Å². The summed E-state index contributed by atoms with van der Waals surface area (Å²) in [6.45, 7) is 4.40. The van der Waals surface area contributed by atoms with Gasteiger partial charge in [0, 0.05) is 16.9 Å². The van der Waals surface area contributed by atoms with Gasteiger partial charge < -0.3 is 20.1 Å². The lowest BCUT2D eigenvalue weighted by molar-refractivity contribution is -0.113. The molecule has 1 amide bonds. The number of benzene rings is 3. The fourth-order valence-electron chi connectivity index (χ4n) is 4.25. The summed E-state index contributed by atoms with van der Waals surface area (Å²) in [7, 11) is 1.61. The molecule has 0 unspecified atom stereocenters. The second-order valence-electron chi connectivity index (χ2n) is 8.32. The zero-order valence-electron chi connectivity index (χ0n) is 20.4. The lowest BCUT2D eigenvalue weighted by atomic mass is 9.95. The molecule has 1 aromatic heterocycles. The van der Waals surface area contributed by atoms with Crippen LogP contribution in [0.3, 0.4) is 0 Å². The van der Waals surface area contributed by atoms with E-state index >= 15 is 0 Å². The average Bonchev–Trinajstić information content (AvgIpc) is 3.33. The standard InChI is InChI=1S/C28H27N5O3/c1-4-36-23-14-10-19(11-15-23)25-24(27(34)30-21-12-16-22(35-3)17-13-21)18(2)29-28-31-26(32-33(25)28)20-8-6-5-7-9-20/h5-17,25H,4H2,1-3H3,(H,30,34)(H,29,31,32)/t25-/m1/s1. The minimum atomic E-state index is -0.486. The summed E-state index contributed by atoms with van der Waals surface area (Å²) >= 11 is 0. The highest BCUT2D eigenvalue weighted by Gasteiger charge is 2.34. The van der Waals surface area contributed by atoms with E-state index in [0.29, 0.717) is 35.3 Å². The number of carbonyl (C=O) groups excluding carboxylic acids is 1. The number of anilines is 2. The number of fused-ring (bicyclic) bond motifs is 1. The predicted octanol–water partition coefficient (Wildman–Crippen LogP) is 5.28. The number of aromatic nitrogens is 3. The zero-order chi connectivity index (χ0) is 25.1. The van der Waals surface area contributed by atoms with Crippen molar-refractivity contribution in [3.05, 3.63) is 95.7 Å². The maximum Gasteiger partial charge on any atom is 0.255 e. The number of allylic oxidation sites excluding steroid dienone is 1. The zero-order valence-corrected chi connectivity index (χ0v) is 20.4. The van der Waals surface area contributed by atoms with Gasteiger partial charge in [-0.15, -0.1) is 5.10 Å². The minimum absolute atomic E-state index is 0.230. The van der Waals surface area contributed by atoms with Crippen LogP contribution in [0.15, 0.2) is 90.1 Å². The maximum absolute atomic E-state index is 13.6. The van der Waals surface area contributed by atoms with Crippen molar-refractivity contribution in [3.8, 4) is 22.9 Å². The first-order valence-corrected chi connectivity index (χ1v) is 11.7. The molecule has 2 N–H and O–H groups in total. The van der Waals surface area contributed by atoms with E-state index in [1.807, 2.05) is 92.7 Å². The molecule has 4 aromatic rings. The summed E-state index contributed by atoms with van der Waals surface area (Å²) in [5.41, 5.74) is 3.71. The quantitative estimate of drug-likeness (QED) is 0.373. The van der Waals surface area contributed by atoms with E-state index in [9.17, 15) is 4.79 Å². The van der Waals surface area contributed by atoms with Crippen molar-refractivity contribution < 1.29 is 14.3 Å². The summed E-state index contributed by atoms with van der Waals surface area (Å²) in [5, 5.41) is 11.1. The van der Waals surface area contributed by atoms with E-state index in [2.05, 4.69) is 10.6 Å². The number of nitrogens with zero attached hydrogens (tertiary/aromatic N) is 3. The van der Waals surface area contributed by atoms with E-state index < -0.39 is 6.04 Å². The van der Waals surface area contributed by atoms with E-state index in [1.165, 1.54) is 0 Å². The molecule has 1 aliphatic rings. The second kappa shape index (κ2) is 9.95. The molecular weight excluding hydrogens is 454 g/mol. The molecule has 8 nitrogen and oxygen atoms in total. The van der Waals surface area contributed by atoms with Gasteiger partial charge in [-0.3, -0.25) is 4.79 Å². The van der Waals surface area contributed by atoms with Crippen molar-refractivity contribution >= 4 is 17.5 Å². The third-order valence-electron chi connectivity index (χ3n) is 5.98. The van der Waals surface area contributed by atoms with Crippen LogP contribution < -0.4 is 20.1 Å². The van der Waals surface area contributed by atoms with Crippen molar-refractivity contribution in [2.45, 2.75) is 19.9 Å². The Morgan fingerprint density at radius 1 is 1.00 bits per heavy atom. The van der Waals surface area contributed by atoms with Crippen molar-refractivity contribution in [1.29, 1.82) is 0 Å². The first-order valence-electron chi connectivity index (χ1n) is 11.7. The first-order chi connectivity index (χ1) is 17.6. The number of carbonyl (C=O) groups is 1. The van der Waals surface area contributed by atoms with Gasteiger partial charge in [0.1, 0.15) is 17.5 Å². The normalized spacial score (nSPS) is 14.6. The van der Waals surface area contributed by atoms with E-state index in [0.717, 1.165) is 22.6 Å². The third kappa shape index (κ3) is 4.53. The fraction of sp³-hybridized carbons (Fsp3) is 0.179. The predicted molar refractivity (Wildman–Crippen MR) is 139 cm³/mol. The molecular formula is C28H27N5O3. The van der Waals surface area contributed by atoms with E-state index in [-0.39, 0.29) is 5.91 Å². The summed E-state index contributed by atoms with van der Waals surface area (Å²) in [4.78, 5) is 18.4. The molecule has 0 aliphatic carbocycles. The molecule has 8 heteroatoms. The highest BCUT2D eigenvalue weighted by Crippen LogP contribution is 2.37. The van der Waals surface area contributed by atoms with Crippen LogP contribution in [-0.2, 0) is 4.79 Å². The molecule has 1 aliphatic heterocycles. The largest absolute Gasteiger partial charge is 0.497 e. The number of ether oxygens (including phenoxy) is 2. The molecule has 3 aromatic carbocycles.